The molecule has 1 aromatic carbocycles. The number of aliphatic carboxylic acids is 1. The zero-order chi connectivity index (χ0) is 26.0. The molecule has 0 aliphatic carbocycles. The average molecular weight is 599 g/mol. The van der Waals surface area contributed by atoms with Gasteiger partial charge in [0.1, 0.15) is 29.7 Å². The van der Waals surface area contributed by atoms with E-state index in [1.807, 2.05) is 4.98 Å². The number of aromatic amines is 1. The highest BCUT2D eigenvalue weighted by atomic mass is 79.9. The summed E-state index contributed by atoms with van der Waals surface area (Å²) in [6, 6.07) is 5.76. The highest BCUT2D eigenvalue weighted by Gasteiger charge is 2.55. The Morgan fingerprint density at radius 1 is 1.40 bits per heavy atom. The van der Waals surface area contributed by atoms with E-state index in [0.717, 1.165) is 16.8 Å². The van der Waals surface area contributed by atoms with Crippen LogP contribution in [0.15, 0.2) is 46.1 Å². The Morgan fingerprint density at radius 3 is 2.71 bits per heavy atom. The second-order valence-electron chi connectivity index (χ2n) is 7.42. The first-order valence-electron chi connectivity index (χ1n) is 9.98. The molecule has 3 rings (SSSR count). The van der Waals surface area contributed by atoms with Crippen LogP contribution in [0.25, 0.3) is 0 Å². The van der Waals surface area contributed by atoms with Gasteiger partial charge in [0.15, 0.2) is 10.0 Å². The number of carboxylic acids is 1. The summed E-state index contributed by atoms with van der Waals surface area (Å²) < 4.78 is 34.3. The van der Waals surface area contributed by atoms with Gasteiger partial charge in [0.05, 0.1) is 13.7 Å². The van der Waals surface area contributed by atoms with Gasteiger partial charge < -0.3 is 24.2 Å². The minimum absolute atomic E-state index is 0.0514. The minimum Gasteiger partial charge on any atom is -0.497 e. The van der Waals surface area contributed by atoms with Crippen molar-refractivity contribution in [1.29, 1.82) is 0 Å². The fourth-order valence-electron chi connectivity index (χ4n) is 3.07. The lowest BCUT2D eigenvalue weighted by Gasteiger charge is -2.25. The Hall–Kier alpha value is -2.19. The monoisotopic (exact) mass is 597 g/mol. The summed E-state index contributed by atoms with van der Waals surface area (Å²) >= 11 is 9.52. The summed E-state index contributed by atoms with van der Waals surface area (Å²) in [5.74, 6) is -0.885. The summed E-state index contributed by atoms with van der Waals surface area (Å²) in [6.45, 7) is 0.644. The standard InChI is InChI=1S/C19H22BrClN3O10P/c1-10(16(27)28)23-35(30,34-12-5-3-4-11(8-12)31-2)32-9-13-15(26)19(20,21)17(33-13)24-7-6-14(25)22-18(24)29/h3-8,10,13,15,17,26H,9H2,1-2H3,(H,23,30)(H,27,28)(H,22,25,29)/t10-,13+,15+,17+,19-,35-/m0/s1. The SMILES string of the molecule is COc1cccc(O[P@](=O)(N[C@@H](C)C(=O)O)OC[C@H]2O[C@@H](n3ccc(=O)[nH]c3=O)[C@](Cl)(Br)[C@@H]2O)c1. The smallest absolute Gasteiger partial charge is 0.459 e. The number of aliphatic hydroxyl groups excluding tert-OH is 1. The van der Waals surface area contributed by atoms with E-state index in [1.165, 1.54) is 26.2 Å². The molecule has 2 aromatic rings. The number of carbonyl (C=O) groups is 1. The number of rotatable bonds is 10. The molecule has 0 radical (unpaired) electrons. The maximum absolute atomic E-state index is 13.4. The van der Waals surface area contributed by atoms with Crippen molar-refractivity contribution in [1.82, 2.24) is 14.6 Å². The third-order valence-corrected chi connectivity index (χ3v) is 7.80. The van der Waals surface area contributed by atoms with Crippen molar-refractivity contribution in [2.45, 2.75) is 35.2 Å². The number of benzene rings is 1. The van der Waals surface area contributed by atoms with Crippen molar-refractivity contribution in [2.75, 3.05) is 13.7 Å². The Labute approximate surface area is 211 Å². The fraction of sp³-hybridized carbons (Fsp3) is 0.421. The van der Waals surface area contributed by atoms with Crippen LogP contribution < -0.4 is 25.6 Å². The lowest BCUT2D eigenvalue weighted by Crippen LogP contribution is -2.41. The largest absolute Gasteiger partial charge is 0.497 e. The third kappa shape index (κ3) is 6.33. The van der Waals surface area contributed by atoms with Gasteiger partial charge in [-0.2, -0.15) is 5.09 Å². The van der Waals surface area contributed by atoms with Crippen molar-refractivity contribution in [3.8, 4) is 11.5 Å². The summed E-state index contributed by atoms with van der Waals surface area (Å²) in [5.41, 5.74) is -1.49. The van der Waals surface area contributed by atoms with Crippen LogP contribution >= 0.6 is 35.3 Å². The van der Waals surface area contributed by atoms with Crippen LogP contribution in [0, 0.1) is 0 Å². The summed E-state index contributed by atoms with van der Waals surface area (Å²) in [6.07, 6.45) is -2.93. The predicted octanol–water partition coefficient (Wildman–Crippen LogP) is 1.40. The van der Waals surface area contributed by atoms with E-state index in [1.54, 1.807) is 12.1 Å². The van der Waals surface area contributed by atoms with E-state index >= 15 is 0 Å². The average Bonchev–Trinajstić information content (AvgIpc) is 3.01. The van der Waals surface area contributed by atoms with E-state index in [2.05, 4.69) is 21.0 Å². The van der Waals surface area contributed by atoms with Gasteiger partial charge in [0.25, 0.3) is 5.56 Å². The van der Waals surface area contributed by atoms with Gasteiger partial charge in [-0.3, -0.25) is 23.7 Å². The van der Waals surface area contributed by atoms with Crippen LogP contribution in [0.4, 0.5) is 0 Å². The van der Waals surface area contributed by atoms with Crippen LogP contribution in [0.3, 0.4) is 0 Å². The minimum atomic E-state index is -4.36. The molecular formula is C19H22BrClN3O10P. The molecule has 1 saturated heterocycles. The number of aromatic nitrogens is 2. The number of aliphatic hydroxyl groups is 1. The van der Waals surface area contributed by atoms with Gasteiger partial charge >= 0.3 is 19.4 Å². The number of carboxylic acid groups (broad SMARTS) is 1. The number of ether oxygens (including phenoxy) is 2. The number of nitrogens with one attached hydrogen (secondary N) is 2. The van der Waals surface area contributed by atoms with E-state index in [4.69, 9.17) is 30.1 Å². The van der Waals surface area contributed by atoms with Crippen LogP contribution in [-0.4, -0.2) is 61.5 Å². The first-order valence-corrected chi connectivity index (χ1v) is 12.7. The molecule has 0 spiro atoms. The van der Waals surface area contributed by atoms with E-state index in [-0.39, 0.29) is 5.75 Å². The zero-order valence-electron chi connectivity index (χ0n) is 18.3. The summed E-state index contributed by atoms with van der Waals surface area (Å²) in [5, 5.41) is 22.2. The highest BCUT2D eigenvalue weighted by Crippen LogP contribution is 2.50. The molecule has 0 saturated carbocycles. The highest BCUT2D eigenvalue weighted by molar-refractivity contribution is 9.10. The predicted molar refractivity (Wildman–Crippen MR) is 126 cm³/mol. The van der Waals surface area contributed by atoms with Gasteiger partial charge in [-0.1, -0.05) is 33.6 Å². The lowest BCUT2D eigenvalue weighted by molar-refractivity contribution is -0.138. The Bertz CT molecular complexity index is 1240. The number of hydrogen-bond donors (Lipinski definition) is 4. The van der Waals surface area contributed by atoms with Crippen LogP contribution in [0.1, 0.15) is 13.2 Å². The third-order valence-electron chi connectivity index (χ3n) is 4.88. The first-order chi connectivity index (χ1) is 16.4. The van der Waals surface area contributed by atoms with Gasteiger partial charge in [-0.05, 0) is 19.1 Å². The number of halogens is 2. The topological polar surface area (TPSA) is 178 Å². The molecule has 1 fully saturated rings. The van der Waals surface area contributed by atoms with Gasteiger partial charge in [0.2, 0.25) is 0 Å². The zero-order valence-corrected chi connectivity index (χ0v) is 21.5. The van der Waals surface area contributed by atoms with E-state index < -0.39 is 59.8 Å². The summed E-state index contributed by atoms with van der Waals surface area (Å²) in [4.78, 5) is 36.9. The van der Waals surface area contributed by atoms with Gasteiger partial charge in [-0.25, -0.2) is 9.36 Å². The van der Waals surface area contributed by atoms with E-state index in [9.17, 15) is 29.2 Å². The molecule has 6 atom stereocenters. The number of hydrogen-bond acceptors (Lipinski definition) is 9. The molecular weight excluding hydrogens is 577 g/mol. The second-order valence-corrected chi connectivity index (χ2v) is 11.5. The van der Waals surface area contributed by atoms with Crippen molar-refractivity contribution in [3.05, 3.63) is 57.4 Å². The molecule has 2 heterocycles. The first kappa shape index (κ1) is 27.4. The molecule has 1 aliphatic heterocycles. The fourth-order valence-corrected chi connectivity index (χ4v) is 5.49. The van der Waals surface area contributed by atoms with Crippen LogP contribution in [0.2, 0.25) is 0 Å². The molecule has 0 amide bonds. The molecule has 192 valence electrons. The summed E-state index contributed by atoms with van der Waals surface area (Å²) in [7, 11) is -2.94. The molecule has 16 heteroatoms. The number of nitrogens with zero attached hydrogens (tertiary/aromatic N) is 1. The molecule has 0 unspecified atom stereocenters. The number of H-pyrrole nitrogens is 1. The normalized spacial score (nSPS) is 26.6. The molecule has 0 bridgehead atoms. The van der Waals surface area contributed by atoms with Crippen molar-refractivity contribution >= 4 is 41.2 Å². The quantitative estimate of drug-likeness (QED) is 0.229. The molecule has 4 N–H and O–H groups in total. The second kappa shape index (κ2) is 10.8. The van der Waals surface area contributed by atoms with Crippen LogP contribution in [0.5, 0.6) is 11.5 Å². The van der Waals surface area contributed by atoms with Crippen molar-refractivity contribution in [2.24, 2.45) is 0 Å². The number of alkyl halides is 2. The Balaban J connectivity index is 1.82. The number of methoxy groups -OCH3 is 1. The van der Waals surface area contributed by atoms with E-state index in [0.29, 0.717) is 5.75 Å². The molecule has 1 aliphatic rings. The maximum Gasteiger partial charge on any atom is 0.459 e. The van der Waals surface area contributed by atoms with Gasteiger partial charge in [-0.15, -0.1) is 0 Å². The maximum atomic E-state index is 13.4. The van der Waals surface area contributed by atoms with Crippen molar-refractivity contribution in [3.63, 3.8) is 0 Å². The molecule has 1 aromatic heterocycles. The molecule has 13 nitrogen and oxygen atoms in total. The van der Waals surface area contributed by atoms with Crippen LogP contribution in [-0.2, 0) is 18.6 Å². The Morgan fingerprint density at radius 2 is 2.09 bits per heavy atom. The van der Waals surface area contributed by atoms with Gasteiger partial charge in [0, 0.05) is 18.3 Å². The Kier molecular flexibility index (Phi) is 8.48. The van der Waals surface area contributed by atoms with Crippen molar-refractivity contribution < 1.29 is 38.1 Å². The lowest BCUT2D eigenvalue weighted by atomic mass is 10.2. The molecule has 35 heavy (non-hydrogen) atoms.